The largest absolute Gasteiger partial charge is 0.497 e. The summed E-state index contributed by atoms with van der Waals surface area (Å²) in [7, 11) is 1.53. The molecule has 5 nitrogen and oxygen atoms in total. The number of halogens is 3. The molecule has 3 aromatic rings. The lowest BCUT2D eigenvalue weighted by atomic mass is 10.1. The molecule has 2 atom stereocenters. The fraction of sp³-hybridized carbons (Fsp3) is 0.231. The molecule has 2 amide bonds. The van der Waals surface area contributed by atoms with Crippen LogP contribution in [0.2, 0.25) is 0 Å². The lowest BCUT2D eigenvalue weighted by molar-refractivity contribution is -0.137. The van der Waals surface area contributed by atoms with Gasteiger partial charge in [-0.1, -0.05) is 42.5 Å². The number of ether oxygens (including phenoxy) is 1. The first kappa shape index (κ1) is 24.7. The number of methoxy groups -OCH3 is 1. The molecule has 1 N–H and O–H groups in total. The summed E-state index contributed by atoms with van der Waals surface area (Å²) < 4.78 is 44.2. The van der Waals surface area contributed by atoms with E-state index in [1.54, 1.807) is 29.2 Å². The maximum absolute atomic E-state index is 13.5. The molecule has 35 heavy (non-hydrogen) atoms. The third kappa shape index (κ3) is 5.62. The minimum atomic E-state index is -4.47. The molecule has 1 fully saturated rings. The summed E-state index contributed by atoms with van der Waals surface area (Å²) in [6.07, 6.45) is -4.47. The van der Waals surface area contributed by atoms with Crippen LogP contribution in [0.25, 0.3) is 0 Å². The van der Waals surface area contributed by atoms with E-state index in [1.165, 1.54) is 31.0 Å². The molecule has 9 heteroatoms. The molecule has 1 heterocycles. The topological polar surface area (TPSA) is 58.6 Å². The van der Waals surface area contributed by atoms with Crippen LogP contribution in [0.5, 0.6) is 5.75 Å². The van der Waals surface area contributed by atoms with E-state index in [1.807, 2.05) is 30.3 Å². The Hall–Kier alpha value is -3.46. The first-order chi connectivity index (χ1) is 16.8. The summed E-state index contributed by atoms with van der Waals surface area (Å²) in [6, 6.07) is 20.1. The molecular formula is C26H23F3N2O3S. The minimum Gasteiger partial charge on any atom is -0.497 e. The molecular weight excluding hydrogens is 477 g/mol. The van der Waals surface area contributed by atoms with E-state index in [-0.39, 0.29) is 17.8 Å². The Balaban J connectivity index is 1.56. The van der Waals surface area contributed by atoms with Crippen molar-refractivity contribution in [2.45, 2.75) is 24.1 Å². The molecule has 0 aliphatic carbocycles. The molecule has 0 saturated carbocycles. The van der Waals surface area contributed by atoms with Gasteiger partial charge in [0, 0.05) is 17.9 Å². The maximum Gasteiger partial charge on any atom is 0.416 e. The van der Waals surface area contributed by atoms with Gasteiger partial charge in [0.25, 0.3) is 5.91 Å². The molecule has 0 bridgehead atoms. The highest BCUT2D eigenvalue weighted by atomic mass is 32.2. The number of benzene rings is 3. The van der Waals surface area contributed by atoms with Gasteiger partial charge in [-0.15, -0.1) is 11.8 Å². The van der Waals surface area contributed by atoms with Gasteiger partial charge in [0.05, 0.1) is 12.7 Å². The first-order valence-electron chi connectivity index (χ1n) is 10.8. The summed E-state index contributed by atoms with van der Waals surface area (Å²) >= 11 is 1.47. The molecule has 2 unspecified atom stereocenters. The summed E-state index contributed by atoms with van der Waals surface area (Å²) in [6.45, 7) is -0.0789. The predicted molar refractivity (Wildman–Crippen MR) is 128 cm³/mol. The number of amides is 2. The molecule has 1 saturated heterocycles. The third-order valence-electron chi connectivity index (χ3n) is 5.68. The average molecular weight is 501 g/mol. The lowest BCUT2D eigenvalue weighted by Crippen LogP contribution is -2.47. The fourth-order valence-electron chi connectivity index (χ4n) is 3.88. The second-order valence-electron chi connectivity index (χ2n) is 7.97. The zero-order chi connectivity index (χ0) is 25.0. The Kier molecular flexibility index (Phi) is 7.35. The van der Waals surface area contributed by atoms with Crippen molar-refractivity contribution in [3.05, 3.63) is 101 Å². The Labute approximate surface area is 205 Å². The summed E-state index contributed by atoms with van der Waals surface area (Å²) in [4.78, 5) is 28.2. The van der Waals surface area contributed by atoms with Gasteiger partial charge in [0.2, 0.25) is 5.91 Å². The Morgan fingerprint density at radius 2 is 1.74 bits per heavy atom. The van der Waals surface area contributed by atoms with Gasteiger partial charge in [-0.25, -0.2) is 0 Å². The van der Waals surface area contributed by atoms with Crippen molar-refractivity contribution < 1.29 is 27.5 Å². The van der Waals surface area contributed by atoms with Crippen molar-refractivity contribution in [3.8, 4) is 5.75 Å². The zero-order valence-corrected chi connectivity index (χ0v) is 19.6. The predicted octanol–water partition coefficient (Wildman–Crippen LogP) is 5.29. The smallest absolute Gasteiger partial charge is 0.416 e. The van der Waals surface area contributed by atoms with Gasteiger partial charge in [-0.2, -0.15) is 13.2 Å². The van der Waals surface area contributed by atoms with Gasteiger partial charge in [-0.3, -0.25) is 9.59 Å². The third-order valence-corrected chi connectivity index (χ3v) is 7.00. The molecule has 1 aliphatic heterocycles. The summed E-state index contributed by atoms with van der Waals surface area (Å²) in [5.41, 5.74) is 0.838. The van der Waals surface area contributed by atoms with E-state index < -0.39 is 23.7 Å². The number of hydrogen-bond acceptors (Lipinski definition) is 4. The van der Waals surface area contributed by atoms with Crippen molar-refractivity contribution in [1.82, 2.24) is 10.2 Å². The van der Waals surface area contributed by atoms with Crippen LogP contribution in [0.15, 0.2) is 78.9 Å². The van der Waals surface area contributed by atoms with Crippen molar-refractivity contribution in [3.63, 3.8) is 0 Å². The van der Waals surface area contributed by atoms with E-state index in [4.69, 9.17) is 4.74 Å². The van der Waals surface area contributed by atoms with Crippen molar-refractivity contribution in [2.75, 3.05) is 12.9 Å². The monoisotopic (exact) mass is 500 g/mol. The number of carbonyl (C=O) groups excluding carboxylic acids is 2. The molecule has 0 spiro atoms. The zero-order valence-electron chi connectivity index (χ0n) is 18.8. The van der Waals surface area contributed by atoms with Crippen LogP contribution >= 0.6 is 11.8 Å². The SMILES string of the molecule is COc1ccc(C(=O)N2C(C(=O)NCc3cccc(C(F)(F)F)c3)CSC2c2ccccc2)cc1. The minimum absolute atomic E-state index is 0.0789. The van der Waals surface area contributed by atoms with E-state index in [2.05, 4.69) is 5.32 Å². The first-order valence-corrected chi connectivity index (χ1v) is 11.9. The van der Waals surface area contributed by atoms with Crippen molar-refractivity contribution >= 4 is 23.6 Å². The second-order valence-corrected chi connectivity index (χ2v) is 9.08. The van der Waals surface area contributed by atoms with E-state index in [0.717, 1.165) is 17.7 Å². The summed E-state index contributed by atoms with van der Waals surface area (Å²) in [5, 5.41) is 2.33. The van der Waals surface area contributed by atoms with Gasteiger partial charge in [-0.05, 0) is 47.5 Å². The van der Waals surface area contributed by atoms with Gasteiger partial charge < -0.3 is 15.0 Å². The highest BCUT2D eigenvalue weighted by Gasteiger charge is 2.42. The van der Waals surface area contributed by atoms with Crippen LogP contribution in [0.4, 0.5) is 13.2 Å². The highest BCUT2D eigenvalue weighted by molar-refractivity contribution is 7.99. The average Bonchev–Trinajstić information content (AvgIpc) is 3.32. The number of nitrogens with one attached hydrogen (secondary N) is 1. The van der Waals surface area contributed by atoms with Gasteiger partial charge >= 0.3 is 6.18 Å². The Morgan fingerprint density at radius 1 is 1.03 bits per heavy atom. The number of thioether (sulfide) groups is 1. The van der Waals surface area contributed by atoms with E-state index >= 15 is 0 Å². The van der Waals surface area contributed by atoms with Crippen LogP contribution in [0, 0.1) is 0 Å². The molecule has 4 rings (SSSR count). The van der Waals surface area contributed by atoms with Crippen LogP contribution in [-0.4, -0.2) is 35.6 Å². The van der Waals surface area contributed by atoms with Crippen LogP contribution in [-0.2, 0) is 17.5 Å². The van der Waals surface area contributed by atoms with Crippen molar-refractivity contribution in [2.24, 2.45) is 0 Å². The number of alkyl halides is 3. The fourth-order valence-corrected chi connectivity index (χ4v) is 5.31. The van der Waals surface area contributed by atoms with Crippen molar-refractivity contribution in [1.29, 1.82) is 0 Å². The molecule has 1 aliphatic rings. The number of rotatable bonds is 6. The summed E-state index contributed by atoms with van der Waals surface area (Å²) in [5.74, 6) is 0.226. The second kappa shape index (κ2) is 10.4. The molecule has 3 aromatic carbocycles. The van der Waals surface area contributed by atoms with Gasteiger partial charge in [0.15, 0.2) is 0 Å². The molecule has 0 radical (unpaired) electrons. The van der Waals surface area contributed by atoms with Gasteiger partial charge in [0.1, 0.15) is 17.2 Å². The lowest BCUT2D eigenvalue weighted by Gasteiger charge is -2.29. The number of carbonyl (C=O) groups is 2. The van der Waals surface area contributed by atoms with Crippen LogP contribution in [0.1, 0.15) is 32.4 Å². The van der Waals surface area contributed by atoms with E-state index in [9.17, 15) is 22.8 Å². The Bertz CT molecular complexity index is 1190. The standard InChI is InChI=1S/C26H23F3N2O3S/c1-34-21-12-10-18(11-13-21)24(33)31-22(16-35-25(31)19-7-3-2-4-8-19)23(32)30-15-17-6-5-9-20(14-17)26(27,28)29/h2-14,22,25H,15-16H2,1H3,(H,30,32). The van der Waals surface area contributed by atoms with E-state index in [0.29, 0.717) is 22.6 Å². The quantitative estimate of drug-likeness (QED) is 0.500. The maximum atomic E-state index is 13.5. The highest BCUT2D eigenvalue weighted by Crippen LogP contribution is 2.42. The van der Waals surface area contributed by atoms with Crippen LogP contribution < -0.4 is 10.1 Å². The molecule has 0 aromatic heterocycles. The number of hydrogen-bond donors (Lipinski definition) is 1. The molecule has 182 valence electrons. The van der Waals surface area contributed by atoms with Crippen LogP contribution in [0.3, 0.4) is 0 Å². The number of nitrogens with zero attached hydrogens (tertiary/aromatic N) is 1. The Morgan fingerprint density at radius 3 is 2.40 bits per heavy atom. The normalized spacial score (nSPS) is 17.8.